The Balaban J connectivity index is 3.05. The number of hydrogen-bond acceptors (Lipinski definition) is 2. The van der Waals surface area contributed by atoms with Crippen LogP contribution in [-0.2, 0) is 0 Å². The quantitative estimate of drug-likeness (QED) is 0.680. The van der Waals surface area contributed by atoms with E-state index in [4.69, 9.17) is 22.4 Å². The van der Waals surface area contributed by atoms with Crippen molar-refractivity contribution in [2.24, 2.45) is 5.73 Å². The lowest BCUT2D eigenvalue weighted by Gasteiger charge is -2.05. The summed E-state index contributed by atoms with van der Waals surface area (Å²) in [6, 6.07) is 4.92. The van der Waals surface area contributed by atoms with E-state index in [0.29, 0.717) is 5.02 Å². The van der Waals surface area contributed by atoms with E-state index in [2.05, 4.69) is 0 Å². The molecule has 0 aromatic heterocycles. The number of phenols is 1. The normalized spacial score (nSPS) is 13.0. The van der Waals surface area contributed by atoms with Crippen LogP contribution in [0.25, 0.3) is 0 Å². The zero-order chi connectivity index (χ0) is 8.43. The largest absolute Gasteiger partial charge is 0.506 e. The predicted molar refractivity (Wildman–Crippen MR) is 45.7 cm³/mol. The van der Waals surface area contributed by atoms with Crippen LogP contribution in [0.2, 0.25) is 5.02 Å². The molecule has 0 saturated heterocycles. The van der Waals surface area contributed by atoms with Crippen molar-refractivity contribution in [1.29, 1.82) is 0 Å². The molecule has 0 radical (unpaired) electrons. The molecule has 0 bridgehead atoms. The molecule has 11 heavy (non-hydrogen) atoms. The third kappa shape index (κ3) is 1.85. The van der Waals surface area contributed by atoms with Gasteiger partial charge in [-0.05, 0) is 24.6 Å². The molecule has 3 heteroatoms. The number of rotatable bonds is 1. The Bertz CT molecular complexity index is 260. The fraction of sp³-hybridized carbons (Fsp3) is 0.250. The van der Waals surface area contributed by atoms with Crippen LogP contribution in [0.4, 0.5) is 0 Å². The van der Waals surface area contributed by atoms with Gasteiger partial charge in [-0.25, -0.2) is 0 Å². The van der Waals surface area contributed by atoms with E-state index in [1.807, 2.05) is 6.92 Å². The van der Waals surface area contributed by atoms with Gasteiger partial charge in [0.05, 0.1) is 5.02 Å². The highest BCUT2D eigenvalue weighted by Crippen LogP contribution is 2.25. The number of phenolic OH excluding ortho intramolecular Hbond substituents is 1. The minimum atomic E-state index is -0.0481. The second-order valence-corrected chi connectivity index (χ2v) is 2.91. The average Bonchev–Trinajstić information content (AvgIpc) is 1.94. The highest BCUT2D eigenvalue weighted by Gasteiger charge is 2.02. The van der Waals surface area contributed by atoms with Crippen molar-refractivity contribution in [3.8, 4) is 5.75 Å². The molecular formula is C8H10ClNO. The summed E-state index contributed by atoms with van der Waals surface area (Å²) in [5.74, 6) is 0.0936. The van der Waals surface area contributed by atoms with Crippen molar-refractivity contribution < 1.29 is 5.11 Å². The molecule has 1 rings (SSSR count). The Morgan fingerprint density at radius 2 is 2.18 bits per heavy atom. The highest BCUT2D eigenvalue weighted by atomic mass is 35.5. The van der Waals surface area contributed by atoms with Crippen LogP contribution in [0.3, 0.4) is 0 Å². The summed E-state index contributed by atoms with van der Waals surface area (Å²) >= 11 is 5.65. The van der Waals surface area contributed by atoms with Gasteiger partial charge in [-0.1, -0.05) is 17.7 Å². The van der Waals surface area contributed by atoms with E-state index in [-0.39, 0.29) is 11.8 Å². The van der Waals surface area contributed by atoms with Crippen molar-refractivity contribution in [2.45, 2.75) is 13.0 Å². The second kappa shape index (κ2) is 3.11. The monoisotopic (exact) mass is 171 g/mol. The fourth-order valence-corrected chi connectivity index (χ4v) is 0.995. The zero-order valence-electron chi connectivity index (χ0n) is 6.21. The molecule has 3 N–H and O–H groups in total. The summed E-state index contributed by atoms with van der Waals surface area (Å²) < 4.78 is 0. The smallest absolute Gasteiger partial charge is 0.134 e. The van der Waals surface area contributed by atoms with Gasteiger partial charge in [0.25, 0.3) is 0 Å². The average molecular weight is 172 g/mol. The van der Waals surface area contributed by atoms with Gasteiger partial charge >= 0.3 is 0 Å². The molecule has 2 nitrogen and oxygen atoms in total. The molecule has 0 spiro atoms. The molecule has 1 unspecified atom stereocenters. The van der Waals surface area contributed by atoms with Gasteiger partial charge in [0.15, 0.2) is 0 Å². The highest BCUT2D eigenvalue weighted by molar-refractivity contribution is 6.32. The van der Waals surface area contributed by atoms with Crippen LogP contribution < -0.4 is 5.73 Å². The van der Waals surface area contributed by atoms with Crippen molar-refractivity contribution >= 4 is 11.6 Å². The molecule has 0 saturated carbocycles. The number of halogens is 1. The standard InChI is InChI=1S/C8H10ClNO/c1-5(10)6-2-3-8(11)7(9)4-6/h2-5,11H,10H2,1H3. The summed E-state index contributed by atoms with van der Waals surface area (Å²) in [6.07, 6.45) is 0. The first-order valence-corrected chi connectivity index (χ1v) is 3.73. The van der Waals surface area contributed by atoms with Gasteiger partial charge < -0.3 is 10.8 Å². The van der Waals surface area contributed by atoms with Crippen LogP contribution in [-0.4, -0.2) is 5.11 Å². The Morgan fingerprint density at radius 1 is 1.55 bits per heavy atom. The maximum Gasteiger partial charge on any atom is 0.134 e. The third-order valence-corrected chi connectivity index (χ3v) is 1.80. The van der Waals surface area contributed by atoms with E-state index in [1.54, 1.807) is 18.2 Å². The van der Waals surface area contributed by atoms with Crippen molar-refractivity contribution in [1.82, 2.24) is 0 Å². The molecule has 0 aliphatic carbocycles. The SMILES string of the molecule is CC(N)c1ccc(O)c(Cl)c1. The Kier molecular flexibility index (Phi) is 2.37. The molecule has 60 valence electrons. The van der Waals surface area contributed by atoms with Gasteiger partial charge in [0.1, 0.15) is 5.75 Å². The second-order valence-electron chi connectivity index (χ2n) is 2.50. The zero-order valence-corrected chi connectivity index (χ0v) is 6.97. The lowest BCUT2D eigenvalue weighted by atomic mass is 10.1. The number of hydrogen-bond donors (Lipinski definition) is 2. The first kappa shape index (κ1) is 8.37. The molecular weight excluding hydrogens is 162 g/mol. The fourth-order valence-electron chi connectivity index (χ4n) is 0.806. The Hall–Kier alpha value is -0.730. The minimum Gasteiger partial charge on any atom is -0.506 e. The third-order valence-electron chi connectivity index (χ3n) is 1.50. The van der Waals surface area contributed by atoms with Crippen molar-refractivity contribution in [3.05, 3.63) is 28.8 Å². The van der Waals surface area contributed by atoms with Gasteiger partial charge in [0, 0.05) is 6.04 Å². The van der Waals surface area contributed by atoms with Gasteiger partial charge in [0.2, 0.25) is 0 Å². The predicted octanol–water partition coefficient (Wildman–Crippen LogP) is 2.07. The number of aromatic hydroxyl groups is 1. The van der Waals surface area contributed by atoms with Crippen molar-refractivity contribution in [3.63, 3.8) is 0 Å². The summed E-state index contributed by atoms with van der Waals surface area (Å²) in [5.41, 5.74) is 6.52. The molecule has 1 atom stereocenters. The first-order valence-electron chi connectivity index (χ1n) is 3.35. The maximum atomic E-state index is 9.05. The van der Waals surface area contributed by atoms with Crippen LogP contribution in [0.5, 0.6) is 5.75 Å². The van der Waals surface area contributed by atoms with E-state index < -0.39 is 0 Å². The molecule has 1 aromatic rings. The van der Waals surface area contributed by atoms with E-state index >= 15 is 0 Å². The Morgan fingerprint density at radius 3 is 2.64 bits per heavy atom. The molecule has 0 heterocycles. The lowest BCUT2D eigenvalue weighted by Crippen LogP contribution is -2.04. The van der Waals surface area contributed by atoms with Gasteiger partial charge in [-0.2, -0.15) is 0 Å². The van der Waals surface area contributed by atoms with Gasteiger partial charge in [-0.3, -0.25) is 0 Å². The van der Waals surface area contributed by atoms with Crippen LogP contribution in [0.15, 0.2) is 18.2 Å². The molecule has 0 aliphatic heterocycles. The van der Waals surface area contributed by atoms with E-state index in [9.17, 15) is 0 Å². The summed E-state index contributed by atoms with van der Waals surface area (Å²) in [6.45, 7) is 1.86. The summed E-state index contributed by atoms with van der Waals surface area (Å²) in [4.78, 5) is 0. The first-order chi connectivity index (χ1) is 5.11. The maximum absolute atomic E-state index is 9.05. The Labute approximate surface area is 70.6 Å². The van der Waals surface area contributed by atoms with Crippen LogP contribution in [0.1, 0.15) is 18.5 Å². The van der Waals surface area contributed by atoms with Crippen LogP contribution >= 0.6 is 11.6 Å². The number of nitrogens with two attached hydrogens (primary N) is 1. The molecule has 0 amide bonds. The minimum absolute atomic E-state index is 0.0481. The number of benzene rings is 1. The van der Waals surface area contributed by atoms with Gasteiger partial charge in [-0.15, -0.1) is 0 Å². The van der Waals surface area contributed by atoms with E-state index in [1.165, 1.54) is 0 Å². The van der Waals surface area contributed by atoms with E-state index in [0.717, 1.165) is 5.56 Å². The topological polar surface area (TPSA) is 46.2 Å². The van der Waals surface area contributed by atoms with Crippen molar-refractivity contribution in [2.75, 3.05) is 0 Å². The lowest BCUT2D eigenvalue weighted by molar-refractivity contribution is 0.475. The van der Waals surface area contributed by atoms with Crippen LogP contribution in [0, 0.1) is 0 Å². The molecule has 0 aliphatic rings. The molecule has 0 fully saturated rings. The summed E-state index contributed by atoms with van der Waals surface area (Å²) in [7, 11) is 0. The summed E-state index contributed by atoms with van der Waals surface area (Å²) in [5, 5.41) is 9.40. The molecule has 1 aromatic carbocycles.